The summed E-state index contributed by atoms with van der Waals surface area (Å²) >= 11 is 6.25. The van der Waals surface area contributed by atoms with Gasteiger partial charge >= 0.3 is 0 Å². The number of fused-ring (bicyclic) bond motifs is 2. The van der Waals surface area contributed by atoms with E-state index < -0.39 is 6.23 Å². The zero-order valence-corrected chi connectivity index (χ0v) is 41.3. The van der Waals surface area contributed by atoms with Crippen LogP contribution in [0.25, 0.3) is 21.8 Å². The highest BCUT2D eigenvalue weighted by atomic mass is 35.5. The first kappa shape index (κ1) is 46.8. The second-order valence-corrected chi connectivity index (χ2v) is 18.7. The highest BCUT2D eigenvalue weighted by Gasteiger charge is 2.33. The van der Waals surface area contributed by atoms with Gasteiger partial charge in [0, 0.05) is 97.9 Å². The van der Waals surface area contributed by atoms with Crippen molar-refractivity contribution < 1.29 is 14.2 Å². The van der Waals surface area contributed by atoms with E-state index in [1.54, 1.807) is 38.9 Å². The number of morpholine rings is 1. The Balaban J connectivity index is 0.846. The Morgan fingerprint density at radius 3 is 2.11 bits per heavy atom. The number of rotatable bonds is 14. The molecule has 0 aliphatic carbocycles. The third-order valence-corrected chi connectivity index (χ3v) is 13.9. The molecule has 4 aromatic carbocycles. The van der Waals surface area contributed by atoms with Crippen molar-refractivity contribution in [3.8, 4) is 11.5 Å². The molecule has 17 nitrogen and oxygen atoms in total. The van der Waals surface area contributed by atoms with Crippen molar-refractivity contribution in [3.05, 3.63) is 133 Å². The van der Waals surface area contributed by atoms with Gasteiger partial charge in [-0.1, -0.05) is 29.8 Å². The van der Waals surface area contributed by atoms with E-state index in [1.807, 2.05) is 79.0 Å². The van der Waals surface area contributed by atoms with Gasteiger partial charge < -0.3 is 44.9 Å². The van der Waals surface area contributed by atoms with Crippen LogP contribution < -0.4 is 40.1 Å². The van der Waals surface area contributed by atoms with Gasteiger partial charge in [0.25, 0.3) is 0 Å². The van der Waals surface area contributed by atoms with Crippen LogP contribution in [0.15, 0.2) is 128 Å². The molecule has 0 bridgehead atoms. The normalized spacial score (nSPS) is 17.0. The quantitative estimate of drug-likeness (QED) is 0.0946. The van der Waals surface area contributed by atoms with Gasteiger partial charge in [0.2, 0.25) is 11.9 Å². The first-order valence-electron chi connectivity index (χ1n) is 24.4. The third-order valence-electron chi connectivity index (χ3n) is 13.7. The minimum Gasteiger partial charge on any atom is -0.495 e. The van der Waals surface area contributed by atoms with E-state index in [9.17, 15) is 0 Å². The zero-order chi connectivity index (χ0) is 49.0. The molecule has 0 saturated carbocycles. The van der Waals surface area contributed by atoms with Gasteiger partial charge in [0.1, 0.15) is 23.1 Å². The average Bonchev–Trinajstić information content (AvgIpc) is 3.41. The first-order chi connectivity index (χ1) is 35.3. The molecule has 0 radical (unpaired) electrons. The molecule has 0 spiro atoms. The number of ether oxygens (including phenoxy) is 3. The van der Waals surface area contributed by atoms with E-state index in [4.69, 9.17) is 40.8 Å². The Morgan fingerprint density at radius 1 is 0.625 bits per heavy atom. The van der Waals surface area contributed by atoms with Crippen LogP contribution in [-0.2, 0) is 4.74 Å². The first-order valence-corrected chi connectivity index (χ1v) is 24.8. The number of benzene rings is 4. The molecule has 1 unspecified atom stereocenters. The van der Waals surface area contributed by atoms with E-state index in [0.29, 0.717) is 60.0 Å². The molecule has 11 rings (SSSR count). The number of pyridine rings is 2. The molecular formula is C54H57ClN14O3. The maximum absolute atomic E-state index is 6.69. The van der Waals surface area contributed by atoms with Crippen LogP contribution >= 0.6 is 11.6 Å². The number of halogens is 1. The predicted molar refractivity (Wildman–Crippen MR) is 287 cm³/mol. The number of hydrogen-bond donors (Lipinski definition) is 3. The summed E-state index contributed by atoms with van der Waals surface area (Å²) in [6.45, 7) is 7.99. The lowest BCUT2D eigenvalue weighted by Crippen LogP contribution is -2.52. The van der Waals surface area contributed by atoms with Crippen molar-refractivity contribution in [2.45, 2.75) is 25.1 Å². The largest absolute Gasteiger partial charge is 0.495 e. The number of anilines is 10. The number of likely N-dealkylation sites (N-methyl/N-ethyl adjacent to an activating group) is 1. The van der Waals surface area contributed by atoms with Crippen LogP contribution in [0.5, 0.6) is 11.5 Å². The number of aromatic nitrogens is 6. The minimum atomic E-state index is -0.507. The molecule has 3 fully saturated rings. The fraction of sp³-hybridized carbons (Fsp3) is 0.296. The second kappa shape index (κ2) is 21.0. The van der Waals surface area contributed by atoms with Crippen molar-refractivity contribution in [2.24, 2.45) is 0 Å². The van der Waals surface area contributed by atoms with Gasteiger partial charge in [0.05, 0.1) is 79.2 Å². The SMILES string of the molecule is COc1cc(N(c2nccc(Nc3cnc4ccccc4c3)n2)C2CN(c3ccc(Nc4nccc(Nc5cnc6ccc(Cl)cc6c5)n4)cc3OC)CCO2)ccc1N1CCC(N2CCN(C)CC2)CC1. The summed E-state index contributed by atoms with van der Waals surface area (Å²) in [6.07, 6.45) is 8.78. The average molecular weight is 986 g/mol. The Bertz CT molecular complexity index is 3190. The lowest BCUT2D eigenvalue weighted by atomic mass is 10.0. The third kappa shape index (κ3) is 10.4. The molecule has 1 atom stereocenters. The van der Waals surface area contributed by atoms with Gasteiger partial charge in [-0.05, 0) is 92.7 Å². The molecular weight excluding hydrogens is 928 g/mol. The highest BCUT2D eigenvalue weighted by Crippen LogP contribution is 2.40. The fourth-order valence-electron chi connectivity index (χ4n) is 9.93. The molecule has 7 heterocycles. The summed E-state index contributed by atoms with van der Waals surface area (Å²) < 4.78 is 18.9. The molecule has 3 aliphatic rings. The van der Waals surface area contributed by atoms with Gasteiger partial charge in [-0.3, -0.25) is 19.8 Å². The maximum atomic E-state index is 6.69. The van der Waals surface area contributed by atoms with Gasteiger partial charge in [-0.15, -0.1) is 0 Å². The van der Waals surface area contributed by atoms with E-state index in [0.717, 1.165) is 114 Å². The molecule has 0 amide bonds. The molecule has 3 aliphatic heterocycles. The van der Waals surface area contributed by atoms with Gasteiger partial charge in [-0.25, -0.2) is 9.97 Å². The monoisotopic (exact) mass is 984 g/mol. The maximum Gasteiger partial charge on any atom is 0.234 e. The summed E-state index contributed by atoms with van der Waals surface area (Å²) in [5.41, 5.74) is 6.95. The van der Waals surface area contributed by atoms with Crippen molar-refractivity contribution >= 4 is 91.1 Å². The van der Waals surface area contributed by atoms with E-state index in [1.165, 1.54) is 0 Å². The number of nitrogens with zero attached hydrogens (tertiary/aromatic N) is 11. The van der Waals surface area contributed by atoms with Crippen molar-refractivity contribution in [1.29, 1.82) is 0 Å². The van der Waals surface area contributed by atoms with Crippen LogP contribution in [0.3, 0.4) is 0 Å². The number of piperazine rings is 1. The van der Waals surface area contributed by atoms with Crippen LogP contribution in [0.1, 0.15) is 12.8 Å². The van der Waals surface area contributed by atoms with Crippen molar-refractivity contribution in [2.75, 3.05) is 111 Å². The summed E-state index contributed by atoms with van der Waals surface area (Å²) in [6, 6.07) is 34.4. The van der Waals surface area contributed by atoms with Crippen LogP contribution in [-0.4, -0.2) is 132 Å². The topological polar surface area (TPSA) is 157 Å². The summed E-state index contributed by atoms with van der Waals surface area (Å²) in [5.74, 6) is 3.56. The summed E-state index contributed by atoms with van der Waals surface area (Å²) in [4.78, 5) is 40.3. The Labute approximate surface area is 423 Å². The number of nitrogens with one attached hydrogen (secondary N) is 3. The molecule has 4 aromatic heterocycles. The lowest BCUT2D eigenvalue weighted by Gasteiger charge is -2.43. The Hall–Kier alpha value is -7.57. The number of piperidine rings is 1. The number of hydrogen-bond acceptors (Lipinski definition) is 17. The Morgan fingerprint density at radius 2 is 1.32 bits per heavy atom. The van der Waals surface area contributed by atoms with E-state index >= 15 is 0 Å². The van der Waals surface area contributed by atoms with E-state index in [2.05, 4.69) is 86.7 Å². The fourth-order valence-corrected chi connectivity index (χ4v) is 10.1. The zero-order valence-electron chi connectivity index (χ0n) is 40.6. The number of para-hydroxylation sites is 1. The van der Waals surface area contributed by atoms with Gasteiger partial charge in [-0.2, -0.15) is 9.97 Å². The summed E-state index contributed by atoms with van der Waals surface area (Å²) in [7, 11) is 5.64. The molecule has 72 heavy (non-hydrogen) atoms. The number of methoxy groups -OCH3 is 2. The van der Waals surface area contributed by atoms with Crippen LogP contribution in [0.4, 0.5) is 57.7 Å². The van der Waals surface area contributed by atoms with Crippen molar-refractivity contribution in [3.63, 3.8) is 0 Å². The van der Waals surface area contributed by atoms with Crippen molar-refractivity contribution in [1.82, 2.24) is 39.7 Å². The lowest BCUT2D eigenvalue weighted by molar-refractivity contribution is 0.0442. The van der Waals surface area contributed by atoms with Gasteiger partial charge in [0.15, 0.2) is 6.23 Å². The minimum absolute atomic E-state index is 0.416. The summed E-state index contributed by atoms with van der Waals surface area (Å²) in [5, 5.41) is 12.8. The van der Waals surface area contributed by atoms with Crippen LogP contribution in [0, 0.1) is 0 Å². The molecule has 368 valence electrons. The second-order valence-electron chi connectivity index (χ2n) is 18.3. The standard InChI is InChI=1S/C54H57ClN14O3/c1-65-22-24-66(25-23-65)42-16-20-67(21-17-42)46-13-10-43(32-49(46)71-3)69(54-57-19-15-51(64-54)61-40-29-36-6-4-5-7-44(36)58-33-40)52-35-68(26-27-72-52)47-12-9-39(31-48(47)70-2)62-53-56-18-14-50(63-53)60-41-30-37-28-38(55)8-11-45(37)59-34-41/h4-15,18-19,28-34,42,52H,16-17,20-27,35H2,1-3H3,(H,57,61,64)(H2,56,60,62,63). The van der Waals surface area contributed by atoms with E-state index in [-0.39, 0.29) is 0 Å². The molecule has 3 N–H and O–H groups in total. The molecule has 8 aromatic rings. The Kier molecular flexibility index (Phi) is 13.7. The molecule has 3 saturated heterocycles. The smallest absolute Gasteiger partial charge is 0.234 e. The molecule has 18 heteroatoms. The predicted octanol–water partition coefficient (Wildman–Crippen LogP) is 9.48. The highest BCUT2D eigenvalue weighted by molar-refractivity contribution is 6.31. The van der Waals surface area contributed by atoms with Crippen LogP contribution in [0.2, 0.25) is 5.02 Å².